The van der Waals surface area contributed by atoms with Crippen LogP contribution in [0.15, 0.2) is 16.6 Å². The molecule has 1 heterocycles. The van der Waals surface area contributed by atoms with E-state index in [9.17, 15) is 0 Å². The van der Waals surface area contributed by atoms with Crippen molar-refractivity contribution in [1.29, 1.82) is 0 Å². The van der Waals surface area contributed by atoms with Crippen LogP contribution in [0.25, 0.3) is 0 Å². The van der Waals surface area contributed by atoms with Gasteiger partial charge in [-0.15, -0.1) is 0 Å². The molecule has 94 valence electrons. The van der Waals surface area contributed by atoms with Gasteiger partial charge in [-0.25, -0.2) is 0 Å². The highest BCUT2D eigenvalue weighted by molar-refractivity contribution is 9.10. The third-order valence-electron chi connectivity index (χ3n) is 2.50. The van der Waals surface area contributed by atoms with Crippen LogP contribution in [0.3, 0.4) is 0 Å². The molecule has 0 unspecified atom stereocenters. The lowest BCUT2D eigenvalue weighted by Gasteiger charge is -2.20. The molecule has 0 radical (unpaired) electrons. The van der Waals surface area contributed by atoms with Gasteiger partial charge in [-0.2, -0.15) is 0 Å². The van der Waals surface area contributed by atoms with Crippen LogP contribution in [0.5, 0.6) is 11.5 Å². The minimum atomic E-state index is 0.220. The van der Waals surface area contributed by atoms with E-state index in [1.165, 1.54) is 0 Å². The van der Waals surface area contributed by atoms with E-state index in [4.69, 9.17) is 14.6 Å². The molecule has 0 atom stereocenters. The van der Waals surface area contributed by atoms with E-state index in [2.05, 4.69) is 21.2 Å². The molecule has 1 aliphatic rings. The van der Waals surface area contributed by atoms with Crippen molar-refractivity contribution in [1.82, 2.24) is 5.32 Å². The van der Waals surface area contributed by atoms with Crippen LogP contribution < -0.4 is 14.8 Å². The molecule has 1 aliphatic heterocycles. The molecule has 0 amide bonds. The van der Waals surface area contributed by atoms with Crippen molar-refractivity contribution in [2.45, 2.75) is 13.0 Å². The van der Waals surface area contributed by atoms with E-state index < -0.39 is 0 Å². The Morgan fingerprint density at radius 2 is 2.12 bits per heavy atom. The fourth-order valence-electron chi connectivity index (χ4n) is 1.70. The summed E-state index contributed by atoms with van der Waals surface area (Å²) in [7, 11) is 0. The lowest BCUT2D eigenvalue weighted by atomic mass is 10.2. The van der Waals surface area contributed by atoms with Crippen LogP contribution in [0.1, 0.15) is 12.0 Å². The van der Waals surface area contributed by atoms with E-state index in [1.54, 1.807) is 0 Å². The van der Waals surface area contributed by atoms with Gasteiger partial charge in [-0.05, 0) is 46.6 Å². The average molecular weight is 302 g/mol. The SMILES string of the molecule is OCCCNCc1cc(Br)c2c(c1)OCCO2. The number of hydrogen-bond acceptors (Lipinski definition) is 4. The van der Waals surface area contributed by atoms with E-state index in [1.807, 2.05) is 12.1 Å². The molecular formula is C12H16BrNO3. The minimum absolute atomic E-state index is 0.220. The second kappa shape index (κ2) is 6.23. The van der Waals surface area contributed by atoms with Gasteiger partial charge in [0.15, 0.2) is 11.5 Å². The molecule has 5 heteroatoms. The first-order valence-corrected chi connectivity index (χ1v) is 6.50. The number of benzene rings is 1. The fourth-order valence-corrected chi connectivity index (χ4v) is 2.31. The third kappa shape index (κ3) is 3.34. The normalized spacial score (nSPS) is 13.8. The zero-order valence-corrected chi connectivity index (χ0v) is 11.1. The Bertz CT molecular complexity index is 384. The smallest absolute Gasteiger partial charge is 0.175 e. The summed E-state index contributed by atoms with van der Waals surface area (Å²) in [6, 6.07) is 4.02. The van der Waals surface area contributed by atoms with E-state index in [-0.39, 0.29) is 6.61 Å². The molecule has 0 aliphatic carbocycles. The summed E-state index contributed by atoms with van der Waals surface area (Å²) in [4.78, 5) is 0. The summed E-state index contributed by atoms with van der Waals surface area (Å²) < 4.78 is 12.0. The van der Waals surface area contributed by atoms with Gasteiger partial charge in [0.25, 0.3) is 0 Å². The van der Waals surface area contributed by atoms with Crippen molar-refractivity contribution in [3.8, 4) is 11.5 Å². The van der Waals surface area contributed by atoms with Gasteiger partial charge < -0.3 is 19.9 Å². The van der Waals surface area contributed by atoms with Crippen LogP contribution in [-0.4, -0.2) is 31.5 Å². The zero-order valence-electron chi connectivity index (χ0n) is 9.54. The second-order valence-corrected chi connectivity index (χ2v) is 4.71. The molecule has 0 bridgehead atoms. The predicted molar refractivity (Wildman–Crippen MR) is 68.5 cm³/mol. The molecule has 2 rings (SSSR count). The maximum absolute atomic E-state index is 8.68. The number of hydrogen-bond donors (Lipinski definition) is 2. The Hall–Kier alpha value is -0.780. The highest BCUT2D eigenvalue weighted by atomic mass is 79.9. The molecule has 1 aromatic rings. The zero-order chi connectivity index (χ0) is 12.1. The van der Waals surface area contributed by atoms with Gasteiger partial charge >= 0.3 is 0 Å². The second-order valence-electron chi connectivity index (χ2n) is 3.86. The highest BCUT2D eigenvalue weighted by Crippen LogP contribution is 2.38. The van der Waals surface area contributed by atoms with Crippen molar-refractivity contribution < 1.29 is 14.6 Å². The Morgan fingerprint density at radius 1 is 1.29 bits per heavy atom. The van der Waals surface area contributed by atoms with E-state index >= 15 is 0 Å². The number of aliphatic hydroxyl groups excluding tert-OH is 1. The third-order valence-corrected chi connectivity index (χ3v) is 3.09. The van der Waals surface area contributed by atoms with Gasteiger partial charge in [0, 0.05) is 13.2 Å². The molecule has 1 aromatic carbocycles. The van der Waals surface area contributed by atoms with Crippen LogP contribution in [0.2, 0.25) is 0 Å². The first-order chi connectivity index (χ1) is 8.31. The van der Waals surface area contributed by atoms with E-state index in [0.29, 0.717) is 13.2 Å². The molecule has 4 nitrogen and oxygen atoms in total. The van der Waals surface area contributed by atoms with Crippen LogP contribution in [0.4, 0.5) is 0 Å². The van der Waals surface area contributed by atoms with Gasteiger partial charge in [0.2, 0.25) is 0 Å². The molecule has 0 aromatic heterocycles. The molecule has 0 saturated heterocycles. The average Bonchev–Trinajstić information content (AvgIpc) is 2.35. The summed E-state index contributed by atoms with van der Waals surface area (Å²) in [6.07, 6.45) is 0.770. The maximum Gasteiger partial charge on any atom is 0.175 e. The van der Waals surface area contributed by atoms with Crippen molar-refractivity contribution in [3.63, 3.8) is 0 Å². The fraction of sp³-hybridized carbons (Fsp3) is 0.500. The Morgan fingerprint density at radius 3 is 2.94 bits per heavy atom. The summed E-state index contributed by atoms with van der Waals surface area (Å²) in [6.45, 7) is 2.98. The van der Waals surface area contributed by atoms with Crippen LogP contribution in [-0.2, 0) is 6.54 Å². The molecular weight excluding hydrogens is 286 g/mol. The first-order valence-electron chi connectivity index (χ1n) is 5.71. The van der Waals surface area contributed by atoms with Crippen molar-refractivity contribution in [3.05, 3.63) is 22.2 Å². The lowest BCUT2D eigenvalue weighted by Crippen LogP contribution is -2.18. The van der Waals surface area contributed by atoms with Crippen molar-refractivity contribution >= 4 is 15.9 Å². The van der Waals surface area contributed by atoms with Gasteiger partial charge in [-0.3, -0.25) is 0 Å². The number of ether oxygens (including phenoxy) is 2. The number of halogens is 1. The largest absolute Gasteiger partial charge is 0.486 e. The van der Waals surface area contributed by atoms with Gasteiger partial charge in [0.1, 0.15) is 13.2 Å². The van der Waals surface area contributed by atoms with Gasteiger partial charge in [-0.1, -0.05) is 0 Å². The van der Waals surface area contributed by atoms with Crippen LogP contribution in [0, 0.1) is 0 Å². The topological polar surface area (TPSA) is 50.7 Å². The number of nitrogens with one attached hydrogen (secondary N) is 1. The molecule has 2 N–H and O–H groups in total. The quantitative estimate of drug-likeness (QED) is 0.813. The molecule has 0 spiro atoms. The summed E-state index contributed by atoms with van der Waals surface area (Å²) >= 11 is 3.48. The number of rotatable bonds is 5. The summed E-state index contributed by atoms with van der Waals surface area (Å²) in [5, 5.41) is 11.9. The summed E-state index contributed by atoms with van der Waals surface area (Å²) in [5.41, 5.74) is 1.14. The minimum Gasteiger partial charge on any atom is -0.486 e. The molecule has 0 saturated carbocycles. The summed E-state index contributed by atoms with van der Waals surface area (Å²) in [5.74, 6) is 1.58. The number of aliphatic hydroxyl groups is 1. The molecule has 17 heavy (non-hydrogen) atoms. The first kappa shape index (κ1) is 12.7. The lowest BCUT2D eigenvalue weighted by molar-refractivity contribution is 0.170. The predicted octanol–water partition coefficient (Wildman–Crippen LogP) is 1.69. The Labute approximate surface area is 109 Å². The standard InChI is InChI=1S/C12H16BrNO3/c13-10-6-9(8-14-2-1-3-15)7-11-12(10)17-5-4-16-11/h6-7,14-15H,1-5,8H2. The maximum atomic E-state index is 8.68. The Kier molecular flexibility index (Phi) is 4.65. The van der Waals surface area contributed by atoms with Crippen LogP contribution >= 0.6 is 15.9 Å². The van der Waals surface area contributed by atoms with E-state index in [0.717, 1.165) is 41.0 Å². The molecule has 0 fully saturated rings. The number of fused-ring (bicyclic) bond motifs is 1. The van der Waals surface area contributed by atoms with Gasteiger partial charge in [0.05, 0.1) is 4.47 Å². The monoisotopic (exact) mass is 301 g/mol. The van der Waals surface area contributed by atoms with Crippen molar-refractivity contribution in [2.24, 2.45) is 0 Å². The Balaban J connectivity index is 2.01. The highest BCUT2D eigenvalue weighted by Gasteiger charge is 2.15. The van der Waals surface area contributed by atoms with Crippen molar-refractivity contribution in [2.75, 3.05) is 26.4 Å².